The van der Waals surface area contributed by atoms with Gasteiger partial charge in [-0.3, -0.25) is 4.79 Å². The van der Waals surface area contributed by atoms with E-state index in [2.05, 4.69) is 5.32 Å². The molecule has 4 heteroatoms. The molecule has 1 N–H and O–H groups in total. The fourth-order valence-corrected chi connectivity index (χ4v) is 1.43. The van der Waals surface area contributed by atoms with Crippen LogP contribution < -0.4 is 5.32 Å². The summed E-state index contributed by atoms with van der Waals surface area (Å²) in [6, 6.07) is 5.20. The maximum atomic E-state index is 11.7. The molecule has 1 amide bonds. The first-order chi connectivity index (χ1) is 7.54. The van der Waals surface area contributed by atoms with Crippen molar-refractivity contribution >= 4 is 29.1 Å². The van der Waals surface area contributed by atoms with Crippen molar-refractivity contribution in [3.05, 3.63) is 34.3 Å². The van der Waals surface area contributed by atoms with E-state index in [1.165, 1.54) is 0 Å². The maximum Gasteiger partial charge on any atom is 0.251 e. The smallest absolute Gasteiger partial charge is 0.251 e. The van der Waals surface area contributed by atoms with Crippen LogP contribution in [0.15, 0.2) is 18.2 Å². The van der Waals surface area contributed by atoms with Crippen LogP contribution in [0.3, 0.4) is 0 Å². The number of carbonyl (C=O) groups excluding carboxylic acids is 1. The summed E-state index contributed by atoms with van der Waals surface area (Å²) in [6.07, 6.45) is 0.835. The summed E-state index contributed by atoms with van der Waals surface area (Å²) in [6.45, 7) is 4.34. The van der Waals surface area contributed by atoms with E-state index >= 15 is 0 Å². The first-order valence-corrected chi connectivity index (χ1v) is 6.04. The number of rotatable bonds is 4. The van der Waals surface area contributed by atoms with E-state index in [9.17, 15) is 4.79 Å². The third-order valence-corrected chi connectivity index (χ3v) is 3.23. The van der Waals surface area contributed by atoms with Crippen molar-refractivity contribution in [2.24, 2.45) is 0 Å². The maximum absolute atomic E-state index is 11.7. The van der Waals surface area contributed by atoms with Crippen LogP contribution in [0, 0.1) is 6.92 Å². The monoisotopic (exact) mass is 259 g/mol. The largest absolute Gasteiger partial charge is 0.351 e. The topological polar surface area (TPSA) is 29.1 Å². The Morgan fingerprint density at radius 1 is 1.50 bits per heavy atom. The molecule has 16 heavy (non-hydrogen) atoms. The minimum Gasteiger partial charge on any atom is -0.351 e. The van der Waals surface area contributed by atoms with Gasteiger partial charge in [-0.15, -0.1) is 11.6 Å². The number of hydrogen-bond donors (Lipinski definition) is 1. The number of amides is 1. The molecule has 0 radical (unpaired) electrons. The molecule has 0 aromatic heterocycles. The molecule has 1 unspecified atom stereocenters. The minimum atomic E-state index is -0.112. The van der Waals surface area contributed by atoms with Gasteiger partial charge in [-0.05, 0) is 37.1 Å². The number of carbonyl (C=O) groups is 1. The van der Waals surface area contributed by atoms with Gasteiger partial charge in [-0.2, -0.15) is 0 Å². The van der Waals surface area contributed by atoms with Gasteiger partial charge in [0.1, 0.15) is 0 Å². The number of aryl methyl sites for hydroxylation is 1. The standard InChI is InChI=1S/C12H15Cl2NO/c1-3-10(13)7-15-12(16)9-4-5-11(14)8(2)6-9/h4-6,10H,3,7H2,1-2H3,(H,15,16). The van der Waals surface area contributed by atoms with Crippen molar-refractivity contribution in [3.8, 4) is 0 Å². The van der Waals surface area contributed by atoms with Gasteiger partial charge in [0.2, 0.25) is 0 Å². The van der Waals surface area contributed by atoms with Gasteiger partial charge in [-0.1, -0.05) is 18.5 Å². The molecule has 2 nitrogen and oxygen atoms in total. The molecule has 1 rings (SSSR count). The predicted octanol–water partition coefficient (Wildman–Crippen LogP) is 3.40. The van der Waals surface area contributed by atoms with E-state index in [0.29, 0.717) is 17.1 Å². The zero-order valence-corrected chi connectivity index (χ0v) is 10.9. The number of halogens is 2. The highest BCUT2D eigenvalue weighted by atomic mass is 35.5. The normalized spacial score (nSPS) is 12.2. The first-order valence-electron chi connectivity index (χ1n) is 5.23. The van der Waals surface area contributed by atoms with E-state index in [-0.39, 0.29) is 11.3 Å². The van der Waals surface area contributed by atoms with Crippen LogP contribution in [0.1, 0.15) is 29.3 Å². The lowest BCUT2D eigenvalue weighted by Gasteiger charge is -2.09. The van der Waals surface area contributed by atoms with Crippen LogP contribution in [0.25, 0.3) is 0 Å². The molecule has 0 aliphatic heterocycles. The van der Waals surface area contributed by atoms with Crippen molar-refractivity contribution in [3.63, 3.8) is 0 Å². The number of benzene rings is 1. The highest BCUT2D eigenvalue weighted by molar-refractivity contribution is 6.31. The molecule has 0 aliphatic rings. The van der Waals surface area contributed by atoms with Crippen LogP contribution in [0.5, 0.6) is 0 Å². The zero-order valence-electron chi connectivity index (χ0n) is 9.39. The van der Waals surface area contributed by atoms with Gasteiger partial charge in [0, 0.05) is 17.1 Å². The van der Waals surface area contributed by atoms with Gasteiger partial charge in [0.15, 0.2) is 0 Å². The quantitative estimate of drug-likeness (QED) is 0.826. The SMILES string of the molecule is CCC(Cl)CNC(=O)c1ccc(Cl)c(C)c1. The molecule has 0 saturated heterocycles. The highest BCUT2D eigenvalue weighted by Gasteiger charge is 2.08. The van der Waals surface area contributed by atoms with Crippen molar-refractivity contribution in [1.29, 1.82) is 0 Å². The summed E-state index contributed by atoms with van der Waals surface area (Å²) in [7, 11) is 0. The van der Waals surface area contributed by atoms with Crippen molar-refractivity contribution < 1.29 is 4.79 Å². The second kappa shape index (κ2) is 6.12. The van der Waals surface area contributed by atoms with Gasteiger partial charge in [0.05, 0.1) is 5.38 Å². The summed E-state index contributed by atoms with van der Waals surface area (Å²) in [5.74, 6) is -0.112. The van der Waals surface area contributed by atoms with Crippen LogP contribution in [-0.4, -0.2) is 17.8 Å². The van der Waals surface area contributed by atoms with E-state index in [4.69, 9.17) is 23.2 Å². The van der Waals surface area contributed by atoms with Crippen molar-refractivity contribution in [2.75, 3.05) is 6.54 Å². The van der Waals surface area contributed by atoms with Crippen LogP contribution in [0.4, 0.5) is 0 Å². The molecule has 1 aromatic rings. The summed E-state index contributed by atoms with van der Waals surface area (Å²) < 4.78 is 0. The van der Waals surface area contributed by atoms with Crippen molar-refractivity contribution in [1.82, 2.24) is 5.32 Å². The molecular formula is C12H15Cl2NO. The average molecular weight is 260 g/mol. The number of hydrogen-bond acceptors (Lipinski definition) is 1. The van der Waals surface area contributed by atoms with Gasteiger partial charge in [-0.25, -0.2) is 0 Å². The number of nitrogens with one attached hydrogen (secondary N) is 1. The fraction of sp³-hybridized carbons (Fsp3) is 0.417. The zero-order chi connectivity index (χ0) is 12.1. The summed E-state index contributed by atoms with van der Waals surface area (Å²) in [5.41, 5.74) is 1.51. The summed E-state index contributed by atoms with van der Waals surface area (Å²) >= 11 is 11.8. The van der Waals surface area contributed by atoms with Crippen molar-refractivity contribution in [2.45, 2.75) is 25.6 Å². The Morgan fingerprint density at radius 2 is 2.19 bits per heavy atom. The molecule has 0 aliphatic carbocycles. The lowest BCUT2D eigenvalue weighted by Crippen LogP contribution is -2.29. The Bertz CT molecular complexity index is 379. The van der Waals surface area contributed by atoms with Gasteiger partial charge in [0.25, 0.3) is 5.91 Å². The van der Waals surface area contributed by atoms with Crippen LogP contribution >= 0.6 is 23.2 Å². The third kappa shape index (κ3) is 3.69. The Hall–Kier alpha value is -0.730. The van der Waals surface area contributed by atoms with Gasteiger partial charge >= 0.3 is 0 Å². The highest BCUT2D eigenvalue weighted by Crippen LogP contribution is 2.16. The lowest BCUT2D eigenvalue weighted by atomic mass is 10.1. The van der Waals surface area contributed by atoms with Crippen LogP contribution in [0.2, 0.25) is 5.02 Å². The van der Waals surface area contributed by atoms with E-state index in [1.807, 2.05) is 13.8 Å². The Labute approximate surface area is 106 Å². The van der Waals surface area contributed by atoms with Crippen LogP contribution in [-0.2, 0) is 0 Å². The summed E-state index contributed by atoms with van der Waals surface area (Å²) in [4.78, 5) is 11.7. The molecule has 1 aromatic carbocycles. The van der Waals surface area contributed by atoms with E-state index in [1.54, 1.807) is 18.2 Å². The van der Waals surface area contributed by atoms with E-state index < -0.39 is 0 Å². The molecule has 0 fully saturated rings. The molecular weight excluding hydrogens is 245 g/mol. The Balaban J connectivity index is 2.63. The molecule has 1 atom stereocenters. The fourth-order valence-electron chi connectivity index (χ4n) is 1.24. The van der Waals surface area contributed by atoms with Gasteiger partial charge < -0.3 is 5.32 Å². The molecule has 88 valence electrons. The third-order valence-electron chi connectivity index (χ3n) is 2.35. The lowest BCUT2D eigenvalue weighted by molar-refractivity contribution is 0.0953. The van der Waals surface area contributed by atoms with E-state index in [0.717, 1.165) is 12.0 Å². The Kier molecular flexibility index (Phi) is 5.10. The Morgan fingerprint density at radius 3 is 2.75 bits per heavy atom. The average Bonchev–Trinajstić information content (AvgIpc) is 2.29. The molecule has 0 bridgehead atoms. The predicted molar refractivity (Wildman–Crippen MR) is 68.5 cm³/mol. The molecule has 0 saturated carbocycles. The number of alkyl halides is 1. The molecule has 0 heterocycles. The minimum absolute atomic E-state index is 0.0163. The first kappa shape index (κ1) is 13.3. The summed E-state index contributed by atoms with van der Waals surface area (Å²) in [5, 5.41) is 3.43. The second-order valence-corrected chi connectivity index (χ2v) is 4.70. The molecule has 0 spiro atoms. The second-order valence-electron chi connectivity index (χ2n) is 3.68.